The van der Waals surface area contributed by atoms with E-state index in [0.29, 0.717) is 24.4 Å². The van der Waals surface area contributed by atoms with Crippen LogP contribution in [0.4, 0.5) is 8.78 Å². The van der Waals surface area contributed by atoms with Crippen LogP contribution in [0.1, 0.15) is 30.9 Å². The molecule has 6 heteroatoms. The van der Waals surface area contributed by atoms with Gasteiger partial charge in [0.05, 0.1) is 5.92 Å². The van der Waals surface area contributed by atoms with Crippen molar-refractivity contribution in [1.29, 1.82) is 5.26 Å². The van der Waals surface area contributed by atoms with Crippen LogP contribution in [0, 0.1) is 23.0 Å². The first-order valence-corrected chi connectivity index (χ1v) is 10.1. The van der Waals surface area contributed by atoms with Crippen LogP contribution in [0.25, 0.3) is 5.57 Å². The first-order valence-electron chi connectivity index (χ1n) is 10.1. The number of ether oxygens (including phenoxy) is 1. The molecule has 4 nitrogen and oxygen atoms in total. The van der Waals surface area contributed by atoms with Crippen molar-refractivity contribution < 1.29 is 13.5 Å². The molecule has 2 aliphatic heterocycles. The average Bonchev–Trinajstić information content (AvgIpc) is 2.94. The standard InChI is InChI=1S/C25H23F2N3O/c1-15(2)30-13-18(16-3-7-19(26)8-4-16)11-23-22(14-30)24(21(12-28)25(29)31-23)17-5-9-20(27)10-6-17/h3-11,15,24H,13-14,29H2,1-2H3. The molecule has 0 saturated heterocycles. The second-order valence-corrected chi connectivity index (χ2v) is 8.04. The van der Waals surface area contributed by atoms with Gasteiger partial charge in [-0.3, -0.25) is 4.90 Å². The Hall–Kier alpha value is -3.43. The lowest BCUT2D eigenvalue weighted by molar-refractivity contribution is 0.252. The van der Waals surface area contributed by atoms with Crippen LogP contribution in [0.5, 0.6) is 0 Å². The smallest absolute Gasteiger partial charge is 0.205 e. The van der Waals surface area contributed by atoms with E-state index in [2.05, 4.69) is 24.8 Å². The number of hydrogen-bond acceptors (Lipinski definition) is 4. The molecule has 0 aromatic heterocycles. The van der Waals surface area contributed by atoms with Gasteiger partial charge in [0, 0.05) is 19.1 Å². The largest absolute Gasteiger partial charge is 0.440 e. The summed E-state index contributed by atoms with van der Waals surface area (Å²) >= 11 is 0. The van der Waals surface area contributed by atoms with Gasteiger partial charge in [-0.1, -0.05) is 24.3 Å². The molecule has 0 radical (unpaired) electrons. The maximum atomic E-state index is 13.6. The summed E-state index contributed by atoms with van der Waals surface area (Å²) < 4.78 is 32.9. The monoisotopic (exact) mass is 419 g/mol. The van der Waals surface area contributed by atoms with Crippen molar-refractivity contribution in [2.45, 2.75) is 25.8 Å². The Morgan fingerprint density at radius 2 is 1.65 bits per heavy atom. The van der Waals surface area contributed by atoms with Crippen LogP contribution in [0.15, 0.2) is 77.4 Å². The lowest BCUT2D eigenvalue weighted by Crippen LogP contribution is -2.35. The second-order valence-electron chi connectivity index (χ2n) is 8.04. The van der Waals surface area contributed by atoms with E-state index in [1.54, 1.807) is 24.3 Å². The quantitative estimate of drug-likeness (QED) is 0.774. The number of nitriles is 1. The zero-order chi connectivity index (χ0) is 22.1. The SMILES string of the molecule is CC(C)N1CC(c2ccc(F)cc2)=CC2=C(C1)C(c1ccc(F)cc1)C(C#N)=C(N)O2. The van der Waals surface area contributed by atoms with E-state index >= 15 is 0 Å². The maximum Gasteiger partial charge on any atom is 0.205 e. The molecule has 158 valence electrons. The molecule has 2 aromatic rings. The van der Waals surface area contributed by atoms with Gasteiger partial charge < -0.3 is 10.5 Å². The van der Waals surface area contributed by atoms with Crippen molar-refractivity contribution in [2.24, 2.45) is 5.73 Å². The summed E-state index contributed by atoms with van der Waals surface area (Å²) in [5, 5.41) is 9.81. The third kappa shape index (κ3) is 4.10. The Morgan fingerprint density at radius 3 is 2.23 bits per heavy atom. The Bertz CT molecular complexity index is 1120. The Kier molecular flexibility index (Phi) is 5.62. The van der Waals surface area contributed by atoms with Gasteiger partial charge in [-0.25, -0.2) is 8.78 Å². The predicted octanol–water partition coefficient (Wildman–Crippen LogP) is 4.83. The third-order valence-electron chi connectivity index (χ3n) is 5.76. The fourth-order valence-corrected chi connectivity index (χ4v) is 4.03. The number of nitrogens with zero attached hydrogens (tertiary/aromatic N) is 2. The van der Waals surface area contributed by atoms with E-state index in [9.17, 15) is 14.0 Å². The Morgan fingerprint density at radius 1 is 1.03 bits per heavy atom. The number of allylic oxidation sites excluding steroid dienone is 2. The molecule has 4 rings (SSSR count). The summed E-state index contributed by atoms with van der Waals surface area (Å²) in [4.78, 5) is 2.26. The normalized spacial score (nSPS) is 19.5. The highest BCUT2D eigenvalue weighted by atomic mass is 19.1. The molecule has 0 aliphatic carbocycles. The molecule has 31 heavy (non-hydrogen) atoms. The lowest BCUT2D eigenvalue weighted by Gasteiger charge is -2.32. The highest BCUT2D eigenvalue weighted by Gasteiger charge is 2.35. The summed E-state index contributed by atoms with van der Waals surface area (Å²) in [6.45, 7) is 5.37. The van der Waals surface area contributed by atoms with Crippen LogP contribution < -0.4 is 5.73 Å². The van der Waals surface area contributed by atoms with Crippen molar-refractivity contribution in [1.82, 2.24) is 4.90 Å². The van der Waals surface area contributed by atoms with Gasteiger partial charge in [-0.15, -0.1) is 0 Å². The minimum absolute atomic E-state index is 0.0447. The molecular formula is C25H23F2N3O. The molecule has 0 saturated carbocycles. The number of benzene rings is 2. The van der Waals surface area contributed by atoms with E-state index in [-0.39, 0.29) is 23.6 Å². The lowest BCUT2D eigenvalue weighted by atomic mass is 9.82. The van der Waals surface area contributed by atoms with Crippen LogP contribution in [0.2, 0.25) is 0 Å². The molecule has 0 amide bonds. The molecule has 2 N–H and O–H groups in total. The van der Waals surface area contributed by atoms with Crippen molar-refractivity contribution in [2.75, 3.05) is 13.1 Å². The second kappa shape index (κ2) is 8.37. The molecule has 0 fully saturated rings. The predicted molar refractivity (Wildman–Crippen MR) is 115 cm³/mol. The molecule has 2 aliphatic rings. The van der Waals surface area contributed by atoms with Crippen LogP contribution in [-0.4, -0.2) is 24.0 Å². The van der Waals surface area contributed by atoms with Gasteiger partial charge >= 0.3 is 0 Å². The van der Waals surface area contributed by atoms with Gasteiger partial charge in [0.1, 0.15) is 29.0 Å². The van der Waals surface area contributed by atoms with Gasteiger partial charge in [0.25, 0.3) is 0 Å². The van der Waals surface area contributed by atoms with Crippen LogP contribution >= 0.6 is 0 Å². The summed E-state index contributed by atoms with van der Waals surface area (Å²) in [5.41, 5.74) is 9.97. The number of rotatable bonds is 3. The molecule has 1 unspecified atom stereocenters. The topological polar surface area (TPSA) is 62.3 Å². The average molecular weight is 419 g/mol. The highest BCUT2D eigenvalue weighted by Crippen LogP contribution is 2.42. The van der Waals surface area contributed by atoms with Gasteiger partial charge in [-0.2, -0.15) is 5.26 Å². The van der Waals surface area contributed by atoms with E-state index in [4.69, 9.17) is 10.5 Å². The number of hydrogen-bond donors (Lipinski definition) is 1. The minimum atomic E-state index is -0.431. The first-order chi connectivity index (χ1) is 14.9. The Balaban J connectivity index is 1.88. The molecule has 0 spiro atoms. The van der Waals surface area contributed by atoms with E-state index < -0.39 is 5.92 Å². The van der Waals surface area contributed by atoms with Crippen molar-refractivity contribution in [3.8, 4) is 6.07 Å². The number of nitrogens with two attached hydrogens (primary N) is 1. The fraction of sp³-hybridized carbons (Fsp3) is 0.240. The maximum absolute atomic E-state index is 13.6. The van der Waals surface area contributed by atoms with Crippen molar-refractivity contribution in [3.05, 3.63) is 100 Å². The third-order valence-corrected chi connectivity index (χ3v) is 5.76. The van der Waals surface area contributed by atoms with E-state index in [0.717, 1.165) is 22.3 Å². The molecule has 2 heterocycles. The van der Waals surface area contributed by atoms with Gasteiger partial charge in [0.2, 0.25) is 5.88 Å². The van der Waals surface area contributed by atoms with Crippen molar-refractivity contribution >= 4 is 5.57 Å². The zero-order valence-electron chi connectivity index (χ0n) is 17.4. The summed E-state index contributed by atoms with van der Waals surface area (Å²) in [5.74, 6) is -0.450. The Labute approximate surface area is 180 Å². The summed E-state index contributed by atoms with van der Waals surface area (Å²) in [6.07, 6.45) is 1.92. The summed E-state index contributed by atoms with van der Waals surface area (Å²) in [7, 11) is 0. The molecule has 0 bridgehead atoms. The molecule has 2 aromatic carbocycles. The van der Waals surface area contributed by atoms with E-state index in [1.807, 2.05) is 6.08 Å². The van der Waals surface area contributed by atoms with Crippen LogP contribution in [-0.2, 0) is 4.74 Å². The fourth-order valence-electron chi connectivity index (χ4n) is 4.03. The molecule has 1 atom stereocenters. The summed E-state index contributed by atoms with van der Waals surface area (Å²) in [6, 6.07) is 14.9. The molecular weight excluding hydrogens is 396 g/mol. The van der Waals surface area contributed by atoms with Gasteiger partial charge in [0.15, 0.2) is 0 Å². The number of halogens is 2. The zero-order valence-corrected chi connectivity index (χ0v) is 17.4. The van der Waals surface area contributed by atoms with Crippen LogP contribution in [0.3, 0.4) is 0 Å². The van der Waals surface area contributed by atoms with Crippen molar-refractivity contribution in [3.63, 3.8) is 0 Å². The van der Waals surface area contributed by atoms with Gasteiger partial charge in [-0.05, 0) is 66.5 Å². The highest BCUT2D eigenvalue weighted by molar-refractivity contribution is 5.71. The van der Waals surface area contributed by atoms with E-state index in [1.165, 1.54) is 24.3 Å². The first kappa shape index (κ1) is 20.8. The minimum Gasteiger partial charge on any atom is -0.440 e.